The minimum Gasteiger partial charge on any atom is -0.492 e. The highest BCUT2D eigenvalue weighted by atomic mass is 16.5. The highest BCUT2D eigenvalue weighted by Gasteiger charge is 2.19. The van der Waals surface area contributed by atoms with E-state index in [2.05, 4.69) is 27.3 Å². The van der Waals surface area contributed by atoms with Gasteiger partial charge in [-0.2, -0.15) is 0 Å². The number of fused-ring (bicyclic) bond motifs is 2. The van der Waals surface area contributed by atoms with Crippen molar-refractivity contribution in [2.75, 3.05) is 33.0 Å². The first-order chi connectivity index (χ1) is 32.0. The Balaban J connectivity index is 0.756. The number of benzene rings is 6. The van der Waals surface area contributed by atoms with Crippen LogP contribution in [0.25, 0.3) is 44.6 Å². The first-order valence-electron chi connectivity index (χ1n) is 21.5. The minimum atomic E-state index is -0.223. The predicted octanol–water partition coefficient (Wildman–Crippen LogP) is 9.58. The molecule has 9 aromatic rings. The van der Waals surface area contributed by atoms with Crippen molar-refractivity contribution in [1.82, 2.24) is 19.9 Å². The van der Waals surface area contributed by atoms with Gasteiger partial charge in [-0.1, -0.05) is 108 Å². The Bertz CT molecular complexity index is 3080. The van der Waals surface area contributed by atoms with Crippen LogP contribution in [0.5, 0.6) is 17.2 Å². The van der Waals surface area contributed by atoms with Crippen molar-refractivity contribution in [2.24, 2.45) is 0 Å². The average Bonchev–Trinajstić information content (AvgIpc) is 3.80. The van der Waals surface area contributed by atoms with E-state index >= 15 is 0 Å². The van der Waals surface area contributed by atoms with Crippen molar-refractivity contribution >= 4 is 21.9 Å². The van der Waals surface area contributed by atoms with Crippen molar-refractivity contribution in [3.05, 3.63) is 207 Å². The molecule has 0 unspecified atom stereocenters. The number of hydrogen-bond donors (Lipinski definition) is 0. The third-order valence-electron chi connectivity index (χ3n) is 10.7. The number of ether oxygens (including phenoxy) is 4. The van der Waals surface area contributed by atoms with Crippen LogP contribution < -0.4 is 25.1 Å². The summed E-state index contributed by atoms with van der Waals surface area (Å²) in [6.07, 6.45) is 1.94. The van der Waals surface area contributed by atoms with Crippen LogP contribution in [0.15, 0.2) is 188 Å². The molecule has 0 spiro atoms. The van der Waals surface area contributed by atoms with Crippen LogP contribution >= 0.6 is 0 Å². The maximum absolute atomic E-state index is 13.5. The number of hydrogen-bond acceptors (Lipinski definition) is 11. The maximum Gasteiger partial charge on any atom is 0.235 e. The van der Waals surface area contributed by atoms with Crippen LogP contribution in [-0.2, 0) is 31.0 Å². The molecule has 0 amide bonds. The van der Waals surface area contributed by atoms with E-state index in [0.717, 1.165) is 16.8 Å². The first kappa shape index (κ1) is 42.5. The van der Waals surface area contributed by atoms with E-state index in [0.29, 0.717) is 103 Å². The lowest BCUT2D eigenvalue weighted by molar-refractivity contribution is 0.0923. The molecule has 0 bridgehead atoms. The summed E-state index contributed by atoms with van der Waals surface area (Å²) in [7, 11) is 0. The Morgan fingerprint density at radius 3 is 2.08 bits per heavy atom. The van der Waals surface area contributed by atoms with Gasteiger partial charge in [0.2, 0.25) is 11.2 Å². The molecule has 0 saturated heterocycles. The van der Waals surface area contributed by atoms with E-state index in [1.165, 1.54) is 11.6 Å². The average molecular weight is 867 g/mol. The van der Waals surface area contributed by atoms with E-state index in [1.54, 1.807) is 35.0 Å². The van der Waals surface area contributed by atoms with Crippen molar-refractivity contribution in [3.8, 4) is 39.9 Å². The molecule has 12 nitrogen and oxygen atoms in total. The molecule has 3 heterocycles. The van der Waals surface area contributed by atoms with Gasteiger partial charge in [0.25, 0.3) is 0 Å². The molecular weight excluding hydrogens is 821 g/mol. The fourth-order valence-electron chi connectivity index (χ4n) is 7.42. The number of aromatic nitrogens is 3. The Morgan fingerprint density at radius 1 is 0.569 bits per heavy atom. The van der Waals surface area contributed by atoms with Crippen LogP contribution in [-0.4, -0.2) is 52.9 Å². The van der Waals surface area contributed by atoms with E-state index in [9.17, 15) is 9.59 Å². The zero-order valence-electron chi connectivity index (χ0n) is 35.6. The third-order valence-corrected chi connectivity index (χ3v) is 10.7. The molecule has 12 heteroatoms. The minimum absolute atomic E-state index is 0.101. The molecular formula is C53H46N4O8. The van der Waals surface area contributed by atoms with Crippen molar-refractivity contribution in [2.45, 2.75) is 26.2 Å². The van der Waals surface area contributed by atoms with Crippen LogP contribution in [0.4, 0.5) is 0 Å². The van der Waals surface area contributed by atoms with Crippen LogP contribution in [0.1, 0.15) is 16.8 Å². The summed E-state index contributed by atoms with van der Waals surface area (Å²) in [6, 6.07) is 50.9. The molecule has 6 aromatic carbocycles. The summed E-state index contributed by atoms with van der Waals surface area (Å²) in [6.45, 7) is 4.19. The second kappa shape index (κ2) is 20.6. The second-order valence-corrected chi connectivity index (χ2v) is 15.4. The van der Waals surface area contributed by atoms with Gasteiger partial charge in [0.15, 0.2) is 11.2 Å². The molecule has 0 N–H and O–H groups in total. The van der Waals surface area contributed by atoms with E-state index in [1.807, 2.05) is 121 Å². The monoisotopic (exact) mass is 866 g/mol. The molecule has 9 rings (SSSR count). The number of rotatable bonds is 20. The Hall–Kier alpha value is -7.80. The number of para-hydroxylation sites is 1. The topological polar surface area (TPSA) is 131 Å². The summed E-state index contributed by atoms with van der Waals surface area (Å²) in [5, 5.41) is 9.76. The molecule has 0 fully saturated rings. The lowest BCUT2D eigenvalue weighted by Crippen LogP contribution is -2.28. The molecule has 0 saturated carbocycles. The zero-order chi connectivity index (χ0) is 44.2. The second-order valence-electron chi connectivity index (χ2n) is 15.4. The van der Waals surface area contributed by atoms with Gasteiger partial charge in [0.1, 0.15) is 48.2 Å². The summed E-state index contributed by atoms with van der Waals surface area (Å²) < 4.78 is 38.3. The molecule has 0 atom stereocenters. The quantitative estimate of drug-likeness (QED) is 0.0679. The fraction of sp³-hybridized carbons (Fsp3) is 0.170. The van der Waals surface area contributed by atoms with Crippen molar-refractivity contribution in [1.29, 1.82) is 0 Å². The highest BCUT2D eigenvalue weighted by molar-refractivity contribution is 5.82. The Kier molecular flexibility index (Phi) is 13.5. The van der Waals surface area contributed by atoms with Gasteiger partial charge < -0.3 is 27.8 Å². The van der Waals surface area contributed by atoms with E-state index < -0.39 is 0 Å². The molecule has 3 aromatic heterocycles. The molecule has 0 aliphatic rings. The van der Waals surface area contributed by atoms with Gasteiger partial charge in [-0.15, -0.1) is 5.10 Å². The van der Waals surface area contributed by atoms with Crippen LogP contribution in [0.2, 0.25) is 0 Å². The van der Waals surface area contributed by atoms with E-state index in [-0.39, 0.29) is 23.2 Å². The molecule has 0 aliphatic carbocycles. The summed E-state index contributed by atoms with van der Waals surface area (Å²) in [5.41, 5.74) is 5.11. The lowest BCUT2D eigenvalue weighted by Gasteiger charge is -2.21. The molecule has 65 heavy (non-hydrogen) atoms. The smallest absolute Gasteiger partial charge is 0.235 e. The van der Waals surface area contributed by atoms with Gasteiger partial charge in [-0.05, 0) is 59.7 Å². The first-order valence-corrected chi connectivity index (χ1v) is 21.5. The van der Waals surface area contributed by atoms with Gasteiger partial charge in [0, 0.05) is 49.1 Å². The summed E-state index contributed by atoms with van der Waals surface area (Å²) in [4.78, 5) is 28.7. The van der Waals surface area contributed by atoms with Crippen molar-refractivity contribution in [3.63, 3.8) is 0 Å². The van der Waals surface area contributed by atoms with Gasteiger partial charge in [-0.25, -0.2) is 4.68 Å². The normalized spacial score (nSPS) is 11.3. The predicted molar refractivity (Wildman–Crippen MR) is 249 cm³/mol. The van der Waals surface area contributed by atoms with Crippen molar-refractivity contribution < 1.29 is 27.8 Å². The third kappa shape index (κ3) is 10.9. The van der Waals surface area contributed by atoms with E-state index in [4.69, 9.17) is 27.8 Å². The van der Waals surface area contributed by atoms with Gasteiger partial charge >= 0.3 is 0 Å². The Morgan fingerprint density at radius 2 is 1.28 bits per heavy atom. The van der Waals surface area contributed by atoms with Crippen LogP contribution in [0, 0.1) is 0 Å². The summed E-state index contributed by atoms with van der Waals surface area (Å²) in [5.74, 6) is 2.31. The largest absolute Gasteiger partial charge is 0.492 e. The van der Waals surface area contributed by atoms with Gasteiger partial charge in [-0.3, -0.25) is 14.5 Å². The maximum atomic E-state index is 13.5. The molecule has 0 radical (unpaired) electrons. The zero-order valence-corrected chi connectivity index (χ0v) is 35.6. The Labute approximate surface area is 374 Å². The van der Waals surface area contributed by atoms with Crippen LogP contribution in [0.3, 0.4) is 0 Å². The number of nitrogens with zero attached hydrogens (tertiary/aromatic N) is 4. The lowest BCUT2D eigenvalue weighted by atomic mass is 10.1. The summed E-state index contributed by atoms with van der Waals surface area (Å²) >= 11 is 0. The van der Waals surface area contributed by atoms with Gasteiger partial charge in [0.05, 0.1) is 36.2 Å². The molecule has 326 valence electrons. The fourth-order valence-corrected chi connectivity index (χ4v) is 7.42. The standard InChI is InChI=1S/C53H46N4O8/c58-47-33-49(40-16-8-3-9-17-40)64-50-32-44(24-25-45(47)50)61-29-26-56(34-38-12-4-1-5-13-38)35-42-36-57(55-54-42)27-28-60-30-31-62-43-22-20-41(21-23-43)52-53(63-37-39-14-6-2-7-15-39)51(59)46-18-10-11-19-48(46)65-52/h1-25,32-33,36H,26-31,34-35,37H2. The highest BCUT2D eigenvalue weighted by Crippen LogP contribution is 2.33. The molecule has 0 aliphatic heterocycles. The SMILES string of the molecule is O=c1cc(-c2ccccc2)oc2cc(OCCN(Cc3ccccc3)Cc3cn(CCOCCOc4ccc(-c5oc6ccccc6c(=O)c5OCc5ccccc5)cc4)nn3)ccc12.